The van der Waals surface area contributed by atoms with Gasteiger partial charge in [-0.3, -0.25) is 9.63 Å². The minimum atomic E-state index is -1.33. The highest BCUT2D eigenvalue weighted by molar-refractivity contribution is 7.99. The topological polar surface area (TPSA) is 70.6 Å². The summed E-state index contributed by atoms with van der Waals surface area (Å²) < 4.78 is 42.0. The molecule has 5 nitrogen and oxygen atoms in total. The quantitative estimate of drug-likeness (QED) is 0.367. The fourth-order valence-corrected chi connectivity index (χ4v) is 2.75. The molecule has 0 aliphatic rings. The average Bonchev–Trinajstić information content (AvgIpc) is 2.61. The lowest BCUT2D eigenvalue weighted by molar-refractivity contribution is 0.0168. The number of carbonyl (C=O) groups excluding carboxylic acids is 1. The number of amides is 1. The van der Waals surface area contributed by atoms with Crippen LogP contribution in [-0.4, -0.2) is 30.0 Å². The number of anilines is 2. The molecule has 140 valence electrons. The highest BCUT2D eigenvalue weighted by Gasteiger charge is 2.20. The first kappa shape index (κ1) is 20.1. The van der Waals surface area contributed by atoms with Gasteiger partial charge in [-0.05, 0) is 36.1 Å². The lowest BCUT2D eigenvalue weighted by Crippen LogP contribution is -2.26. The number of aliphatic hydroxyl groups is 1. The van der Waals surface area contributed by atoms with Crippen molar-refractivity contribution in [2.75, 3.05) is 24.3 Å². The van der Waals surface area contributed by atoms with Gasteiger partial charge in [-0.1, -0.05) is 6.92 Å². The fourth-order valence-electron chi connectivity index (χ4n) is 2.07. The predicted octanol–water partition coefficient (Wildman–Crippen LogP) is 3.61. The van der Waals surface area contributed by atoms with E-state index in [9.17, 15) is 18.0 Å². The Kier molecular flexibility index (Phi) is 7.31. The SMILES string of the molecule is CCSc1ccc(Nc2c(C(=O)NOCCO)ccc(F)c2F)c(F)c1. The van der Waals surface area contributed by atoms with E-state index in [0.29, 0.717) is 4.90 Å². The van der Waals surface area contributed by atoms with Gasteiger partial charge in [0.15, 0.2) is 11.6 Å². The summed E-state index contributed by atoms with van der Waals surface area (Å²) in [6.45, 7) is 1.40. The number of nitrogens with one attached hydrogen (secondary N) is 2. The van der Waals surface area contributed by atoms with E-state index in [4.69, 9.17) is 5.11 Å². The zero-order valence-electron chi connectivity index (χ0n) is 13.8. The number of rotatable bonds is 8. The van der Waals surface area contributed by atoms with Gasteiger partial charge in [-0.15, -0.1) is 11.8 Å². The molecule has 0 radical (unpaired) electrons. The summed E-state index contributed by atoms with van der Waals surface area (Å²) in [6, 6.07) is 6.08. The Balaban J connectivity index is 2.33. The van der Waals surface area contributed by atoms with E-state index < -0.39 is 29.0 Å². The number of halogens is 3. The normalized spacial score (nSPS) is 10.7. The van der Waals surface area contributed by atoms with E-state index in [0.717, 1.165) is 17.9 Å². The number of carbonyl (C=O) groups is 1. The molecule has 2 rings (SSSR count). The molecule has 0 heterocycles. The van der Waals surface area contributed by atoms with Gasteiger partial charge in [-0.2, -0.15) is 0 Å². The molecular formula is C17H17F3N2O3S. The van der Waals surface area contributed by atoms with Crippen LogP contribution in [0.4, 0.5) is 24.5 Å². The lowest BCUT2D eigenvalue weighted by atomic mass is 10.1. The van der Waals surface area contributed by atoms with Gasteiger partial charge in [0.2, 0.25) is 0 Å². The number of hydrogen-bond donors (Lipinski definition) is 3. The number of hydrogen-bond acceptors (Lipinski definition) is 5. The van der Waals surface area contributed by atoms with Crippen LogP contribution in [0.25, 0.3) is 0 Å². The van der Waals surface area contributed by atoms with Crippen LogP contribution in [0.5, 0.6) is 0 Å². The van der Waals surface area contributed by atoms with Crippen LogP contribution in [0.1, 0.15) is 17.3 Å². The Morgan fingerprint density at radius 3 is 2.62 bits per heavy atom. The van der Waals surface area contributed by atoms with E-state index in [1.165, 1.54) is 23.9 Å². The van der Waals surface area contributed by atoms with Gasteiger partial charge >= 0.3 is 0 Å². The Bertz CT molecular complexity index is 790. The van der Waals surface area contributed by atoms with Crippen molar-refractivity contribution in [2.45, 2.75) is 11.8 Å². The maximum absolute atomic E-state index is 14.2. The number of aliphatic hydroxyl groups excluding tert-OH is 1. The molecule has 0 aliphatic heterocycles. The number of thioether (sulfide) groups is 1. The lowest BCUT2D eigenvalue weighted by Gasteiger charge is -2.14. The third kappa shape index (κ3) is 4.90. The molecule has 9 heteroatoms. The number of benzene rings is 2. The molecule has 0 unspecified atom stereocenters. The van der Waals surface area contributed by atoms with Crippen LogP contribution in [0.2, 0.25) is 0 Å². The summed E-state index contributed by atoms with van der Waals surface area (Å²) in [5.74, 6) is -3.32. The number of hydroxylamine groups is 1. The molecule has 0 atom stereocenters. The summed E-state index contributed by atoms with van der Waals surface area (Å²) in [7, 11) is 0. The summed E-state index contributed by atoms with van der Waals surface area (Å²) in [5, 5.41) is 11.1. The first-order valence-electron chi connectivity index (χ1n) is 7.68. The average molecular weight is 386 g/mol. The highest BCUT2D eigenvalue weighted by atomic mass is 32.2. The molecule has 2 aromatic carbocycles. The second-order valence-corrected chi connectivity index (χ2v) is 6.32. The maximum atomic E-state index is 14.2. The van der Waals surface area contributed by atoms with Crippen LogP contribution in [0.3, 0.4) is 0 Å². The van der Waals surface area contributed by atoms with Crippen LogP contribution in [-0.2, 0) is 4.84 Å². The molecule has 2 aromatic rings. The van der Waals surface area contributed by atoms with Crippen molar-refractivity contribution in [1.29, 1.82) is 0 Å². The standard InChI is InChI=1S/C17H17F3N2O3S/c1-2-26-10-3-6-14(13(19)9-10)21-16-11(4-5-12(18)15(16)20)17(24)22-25-8-7-23/h3-6,9,21,23H,2,7-8H2,1H3,(H,22,24). The zero-order valence-corrected chi connectivity index (χ0v) is 14.6. The molecule has 0 bridgehead atoms. The van der Waals surface area contributed by atoms with Crippen molar-refractivity contribution >= 4 is 29.0 Å². The van der Waals surface area contributed by atoms with E-state index in [2.05, 4.69) is 10.2 Å². The Labute approximate surface area is 152 Å². The fraction of sp³-hybridized carbons (Fsp3) is 0.235. The first-order chi connectivity index (χ1) is 12.5. The monoisotopic (exact) mass is 386 g/mol. The molecule has 3 N–H and O–H groups in total. The van der Waals surface area contributed by atoms with Crippen molar-refractivity contribution in [3.8, 4) is 0 Å². The molecule has 0 aromatic heterocycles. The van der Waals surface area contributed by atoms with Gasteiger partial charge in [0.25, 0.3) is 5.91 Å². The second kappa shape index (κ2) is 9.46. The third-order valence-electron chi connectivity index (χ3n) is 3.21. The third-order valence-corrected chi connectivity index (χ3v) is 4.08. The molecular weight excluding hydrogens is 369 g/mol. The maximum Gasteiger partial charge on any atom is 0.277 e. The zero-order chi connectivity index (χ0) is 19.1. The van der Waals surface area contributed by atoms with Crippen LogP contribution >= 0.6 is 11.8 Å². The van der Waals surface area contributed by atoms with E-state index >= 15 is 0 Å². The van der Waals surface area contributed by atoms with Gasteiger partial charge in [0.05, 0.1) is 30.2 Å². The summed E-state index contributed by atoms with van der Waals surface area (Å²) in [4.78, 5) is 17.4. The molecule has 0 saturated carbocycles. The van der Waals surface area contributed by atoms with E-state index in [-0.39, 0.29) is 24.5 Å². The van der Waals surface area contributed by atoms with Crippen molar-refractivity contribution < 1.29 is 27.9 Å². The minimum Gasteiger partial charge on any atom is -0.394 e. The summed E-state index contributed by atoms with van der Waals surface area (Å²) in [6.07, 6.45) is 0. The Morgan fingerprint density at radius 1 is 1.19 bits per heavy atom. The van der Waals surface area contributed by atoms with Gasteiger partial charge < -0.3 is 10.4 Å². The predicted molar refractivity (Wildman–Crippen MR) is 92.9 cm³/mol. The minimum absolute atomic E-state index is 0.111. The summed E-state index contributed by atoms with van der Waals surface area (Å²) in [5.41, 5.74) is 1.07. The smallest absolute Gasteiger partial charge is 0.277 e. The van der Waals surface area contributed by atoms with Crippen molar-refractivity contribution in [1.82, 2.24) is 5.48 Å². The van der Waals surface area contributed by atoms with Crippen LogP contribution in [0.15, 0.2) is 35.2 Å². The van der Waals surface area contributed by atoms with Crippen LogP contribution in [0, 0.1) is 17.5 Å². The molecule has 0 fully saturated rings. The molecule has 0 spiro atoms. The van der Waals surface area contributed by atoms with Crippen LogP contribution < -0.4 is 10.8 Å². The second-order valence-electron chi connectivity index (χ2n) is 4.99. The molecule has 0 aliphatic carbocycles. The largest absolute Gasteiger partial charge is 0.394 e. The van der Waals surface area contributed by atoms with Crippen molar-refractivity contribution in [2.24, 2.45) is 0 Å². The van der Waals surface area contributed by atoms with E-state index in [1.54, 1.807) is 6.07 Å². The first-order valence-corrected chi connectivity index (χ1v) is 8.66. The summed E-state index contributed by atoms with van der Waals surface area (Å²) >= 11 is 1.43. The Morgan fingerprint density at radius 2 is 1.96 bits per heavy atom. The van der Waals surface area contributed by atoms with E-state index in [1.807, 2.05) is 12.4 Å². The Hall–Kier alpha value is -2.23. The van der Waals surface area contributed by atoms with Crippen molar-refractivity contribution in [3.05, 3.63) is 53.3 Å². The molecule has 26 heavy (non-hydrogen) atoms. The van der Waals surface area contributed by atoms with Crippen molar-refractivity contribution in [3.63, 3.8) is 0 Å². The van der Waals surface area contributed by atoms with Gasteiger partial charge in [-0.25, -0.2) is 18.7 Å². The molecule has 1 amide bonds. The van der Waals surface area contributed by atoms with Gasteiger partial charge in [0.1, 0.15) is 5.82 Å². The molecule has 0 saturated heterocycles. The van der Waals surface area contributed by atoms with Gasteiger partial charge in [0, 0.05) is 4.90 Å². The highest BCUT2D eigenvalue weighted by Crippen LogP contribution is 2.30.